The maximum atomic E-state index is 13.2. The van der Waals surface area contributed by atoms with Crippen LogP contribution in [0.5, 0.6) is 0 Å². The van der Waals surface area contributed by atoms with Crippen molar-refractivity contribution in [3.63, 3.8) is 0 Å². The van der Waals surface area contributed by atoms with E-state index in [9.17, 15) is 35.9 Å². The van der Waals surface area contributed by atoms with Gasteiger partial charge in [0, 0.05) is 24.3 Å². The van der Waals surface area contributed by atoms with E-state index in [0.717, 1.165) is 11.3 Å². The van der Waals surface area contributed by atoms with Crippen molar-refractivity contribution in [2.24, 2.45) is 0 Å². The highest BCUT2D eigenvalue weighted by atomic mass is 19.4. The van der Waals surface area contributed by atoms with Gasteiger partial charge in [0.05, 0.1) is 17.8 Å². The number of halogens is 6. The number of carbonyl (C=O) groups is 2. The highest BCUT2D eigenvalue weighted by Crippen LogP contribution is 2.39. The zero-order chi connectivity index (χ0) is 24.9. The van der Waals surface area contributed by atoms with Crippen LogP contribution in [0.2, 0.25) is 0 Å². The molecular formula is C23H21F6N3O2. The Kier molecular flexibility index (Phi) is 5.77. The van der Waals surface area contributed by atoms with Gasteiger partial charge in [0.1, 0.15) is 5.54 Å². The maximum absolute atomic E-state index is 13.2. The first kappa shape index (κ1) is 23.9. The predicted octanol–water partition coefficient (Wildman–Crippen LogP) is 4.60. The molecule has 0 aromatic heterocycles. The van der Waals surface area contributed by atoms with Crippen molar-refractivity contribution >= 4 is 17.5 Å². The summed E-state index contributed by atoms with van der Waals surface area (Å²) in [4.78, 5) is 28.8. The first-order valence-corrected chi connectivity index (χ1v) is 10.5. The van der Waals surface area contributed by atoms with E-state index in [-0.39, 0.29) is 44.6 Å². The molecule has 0 unspecified atom stereocenters. The molecule has 5 nitrogen and oxygen atoms in total. The number of nitrogens with one attached hydrogen (secondary N) is 1. The third-order valence-electron chi connectivity index (χ3n) is 6.46. The molecule has 2 aromatic rings. The van der Waals surface area contributed by atoms with Gasteiger partial charge in [0.25, 0.3) is 5.91 Å². The molecule has 0 bridgehead atoms. The molecule has 0 atom stereocenters. The summed E-state index contributed by atoms with van der Waals surface area (Å²) >= 11 is 0. The largest absolute Gasteiger partial charge is 0.416 e. The van der Waals surface area contributed by atoms with Gasteiger partial charge in [-0.2, -0.15) is 26.3 Å². The number of aryl methyl sites for hydroxylation is 1. The van der Waals surface area contributed by atoms with Crippen molar-refractivity contribution in [3.8, 4) is 0 Å². The number of hydrogen-bond acceptors (Lipinski definition) is 3. The molecule has 2 aliphatic heterocycles. The second-order valence-electron chi connectivity index (χ2n) is 8.50. The molecule has 2 aliphatic rings. The minimum Gasteiger partial charge on any atom is -0.339 e. The van der Waals surface area contributed by atoms with Crippen molar-refractivity contribution in [2.45, 2.75) is 37.7 Å². The third-order valence-corrected chi connectivity index (χ3v) is 6.46. The van der Waals surface area contributed by atoms with Crippen LogP contribution in [-0.4, -0.2) is 42.0 Å². The smallest absolute Gasteiger partial charge is 0.339 e. The molecule has 0 radical (unpaired) electrons. The maximum Gasteiger partial charge on any atom is 0.416 e. The number of para-hydroxylation sites is 1. The fraction of sp³-hybridized carbons (Fsp3) is 0.391. The van der Waals surface area contributed by atoms with Crippen LogP contribution < -0.4 is 10.2 Å². The summed E-state index contributed by atoms with van der Waals surface area (Å²) in [5.74, 6) is -1.16. The number of rotatable bonds is 2. The zero-order valence-corrected chi connectivity index (χ0v) is 18.1. The monoisotopic (exact) mass is 485 g/mol. The van der Waals surface area contributed by atoms with Crippen LogP contribution in [-0.2, 0) is 17.1 Å². The van der Waals surface area contributed by atoms with E-state index < -0.39 is 40.5 Å². The van der Waals surface area contributed by atoms with Gasteiger partial charge < -0.3 is 15.1 Å². The molecule has 1 spiro atoms. The molecule has 182 valence electrons. The lowest BCUT2D eigenvalue weighted by atomic mass is 9.85. The topological polar surface area (TPSA) is 52.7 Å². The molecule has 34 heavy (non-hydrogen) atoms. The van der Waals surface area contributed by atoms with E-state index in [1.54, 1.807) is 0 Å². The van der Waals surface area contributed by atoms with Gasteiger partial charge in [0.15, 0.2) is 0 Å². The number of likely N-dealkylation sites (tertiary alicyclic amines) is 1. The van der Waals surface area contributed by atoms with E-state index in [0.29, 0.717) is 12.1 Å². The Morgan fingerprint density at radius 2 is 1.50 bits per heavy atom. The second kappa shape index (κ2) is 8.21. The lowest BCUT2D eigenvalue weighted by Gasteiger charge is -2.43. The van der Waals surface area contributed by atoms with E-state index in [4.69, 9.17) is 0 Å². The van der Waals surface area contributed by atoms with E-state index in [2.05, 4.69) is 5.32 Å². The van der Waals surface area contributed by atoms with Crippen molar-refractivity contribution in [1.29, 1.82) is 0 Å². The molecule has 2 aromatic carbocycles. The zero-order valence-electron chi connectivity index (χ0n) is 18.1. The van der Waals surface area contributed by atoms with Crippen LogP contribution in [0, 0.1) is 6.92 Å². The average molecular weight is 485 g/mol. The van der Waals surface area contributed by atoms with Gasteiger partial charge >= 0.3 is 12.4 Å². The summed E-state index contributed by atoms with van der Waals surface area (Å²) in [6.07, 6.45) is -9.72. The lowest BCUT2D eigenvalue weighted by molar-refractivity contribution is -0.143. The number of amides is 2. The fourth-order valence-corrected chi connectivity index (χ4v) is 4.61. The van der Waals surface area contributed by atoms with Gasteiger partial charge in [-0.15, -0.1) is 0 Å². The van der Waals surface area contributed by atoms with Crippen LogP contribution in [0.4, 0.5) is 32.0 Å². The van der Waals surface area contributed by atoms with Crippen molar-refractivity contribution in [2.75, 3.05) is 24.7 Å². The minimum atomic E-state index is -5.04. The minimum absolute atomic E-state index is 0.00618. The molecule has 0 aliphatic carbocycles. The molecule has 2 amide bonds. The van der Waals surface area contributed by atoms with Crippen LogP contribution in [0.15, 0.2) is 42.5 Å². The van der Waals surface area contributed by atoms with Crippen LogP contribution in [0.25, 0.3) is 0 Å². The Morgan fingerprint density at radius 1 is 0.941 bits per heavy atom. The standard InChI is InChI=1S/C23H21F6N3O2/c1-14-4-2-3-5-18(14)32-13-30-20(34)21(32)6-8-31(9-7-21)19(33)15-10-16(22(24,25)26)12-17(11-15)23(27,28)29/h2-5,10-12H,6-9,13H2,1H3,(H,30,34). The molecule has 11 heteroatoms. The molecule has 2 saturated heterocycles. The summed E-state index contributed by atoms with van der Waals surface area (Å²) in [5, 5.41) is 2.81. The second-order valence-corrected chi connectivity index (χ2v) is 8.50. The highest BCUT2D eigenvalue weighted by molar-refractivity contribution is 5.96. The Morgan fingerprint density at radius 3 is 2.03 bits per heavy atom. The van der Waals surface area contributed by atoms with Crippen molar-refractivity contribution in [1.82, 2.24) is 10.2 Å². The van der Waals surface area contributed by atoms with Gasteiger partial charge in [-0.05, 0) is 49.6 Å². The summed E-state index contributed by atoms with van der Waals surface area (Å²) in [5.41, 5.74) is -2.94. The first-order chi connectivity index (χ1) is 15.8. The lowest BCUT2D eigenvalue weighted by Crippen LogP contribution is -2.57. The van der Waals surface area contributed by atoms with Crippen LogP contribution in [0.1, 0.15) is 39.9 Å². The molecular weight excluding hydrogens is 464 g/mol. The van der Waals surface area contributed by atoms with E-state index in [1.807, 2.05) is 36.1 Å². The van der Waals surface area contributed by atoms with Gasteiger partial charge in [0.2, 0.25) is 5.91 Å². The Hall–Kier alpha value is -3.24. The number of piperidine rings is 1. The number of alkyl halides is 6. The van der Waals surface area contributed by atoms with Gasteiger partial charge in [-0.25, -0.2) is 0 Å². The first-order valence-electron chi connectivity index (χ1n) is 10.5. The Labute approximate surface area is 191 Å². The summed E-state index contributed by atoms with van der Waals surface area (Å²) in [6, 6.07) is 8.33. The normalized spacial score (nSPS) is 18.4. The van der Waals surface area contributed by atoms with E-state index in [1.165, 1.54) is 4.90 Å². The predicted molar refractivity (Wildman–Crippen MR) is 111 cm³/mol. The summed E-state index contributed by atoms with van der Waals surface area (Å²) in [6.45, 7) is 2.18. The number of carbonyl (C=O) groups excluding carboxylic acids is 2. The average Bonchev–Trinajstić information content (AvgIpc) is 3.08. The van der Waals surface area contributed by atoms with Crippen LogP contribution in [0.3, 0.4) is 0 Å². The SMILES string of the molecule is Cc1ccccc1N1CNC(=O)C12CCN(C(=O)c1cc(C(F)(F)F)cc(C(F)(F)F)c1)CC2. The number of hydrogen-bond donors (Lipinski definition) is 1. The van der Waals surface area contributed by atoms with Gasteiger partial charge in [-0.3, -0.25) is 9.59 Å². The highest BCUT2D eigenvalue weighted by Gasteiger charge is 2.51. The number of nitrogens with zero attached hydrogens (tertiary/aromatic N) is 2. The third kappa shape index (κ3) is 4.19. The molecule has 0 saturated carbocycles. The number of benzene rings is 2. The van der Waals surface area contributed by atoms with Crippen molar-refractivity contribution < 1.29 is 35.9 Å². The fourth-order valence-electron chi connectivity index (χ4n) is 4.61. The Bertz CT molecular complexity index is 1090. The van der Waals surface area contributed by atoms with Gasteiger partial charge in [-0.1, -0.05) is 18.2 Å². The molecule has 2 heterocycles. The molecule has 4 rings (SSSR count). The number of anilines is 1. The molecule has 2 fully saturated rings. The molecule has 1 N–H and O–H groups in total. The Balaban J connectivity index is 1.59. The quantitative estimate of drug-likeness (QED) is 0.633. The van der Waals surface area contributed by atoms with Crippen LogP contribution >= 0.6 is 0 Å². The summed E-state index contributed by atoms with van der Waals surface area (Å²) in [7, 11) is 0. The van der Waals surface area contributed by atoms with E-state index >= 15 is 0 Å². The van der Waals surface area contributed by atoms with Crippen molar-refractivity contribution in [3.05, 3.63) is 64.7 Å². The summed E-state index contributed by atoms with van der Waals surface area (Å²) < 4.78 is 79.1.